The smallest absolute Gasteiger partial charge is 0.255 e. The van der Waals surface area contributed by atoms with Gasteiger partial charge >= 0.3 is 0 Å². The first-order valence-electron chi connectivity index (χ1n) is 8.86. The molecule has 2 aromatic carbocycles. The van der Waals surface area contributed by atoms with Crippen LogP contribution in [0.1, 0.15) is 23.2 Å². The Morgan fingerprint density at radius 2 is 1.78 bits per heavy atom. The number of benzene rings is 2. The van der Waals surface area contributed by atoms with E-state index < -0.39 is 0 Å². The van der Waals surface area contributed by atoms with E-state index >= 15 is 0 Å². The predicted octanol–water partition coefficient (Wildman–Crippen LogP) is 3.41. The van der Waals surface area contributed by atoms with Crippen molar-refractivity contribution in [1.82, 2.24) is 5.32 Å². The highest BCUT2D eigenvalue weighted by molar-refractivity contribution is 7.80. The molecule has 3 rings (SSSR count). The van der Waals surface area contributed by atoms with Gasteiger partial charge < -0.3 is 25.4 Å². The van der Waals surface area contributed by atoms with Gasteiger partial charge in [0.1, 0.15) is 5.75 Å². The second-order valence-electron chi connectivity index (χ2n) is 6.23. The van der Waals surface area contributed by atoms with Crippen molar-refractivity contribution in [3.8, 4) is 5.75 Å². The van der Waals surface area contributed by atoms with Crippen LogP contribution in [0.15, 0.2) is 48.5 Å². The molecule has 1 aliphatic heterocycles. The van der Waals surface area contributed by atoms with Crippen molar-refractivity contribution < 1.29 is 14.3 Å². The fraction of sp³-hybridized carbons (Fsp3) is 0.300. The van der Waals surface area contributed by atoms with Gasteiger partial charge in [-0.2, -0.15) is 0 Å². The van der Waals surface area contributed by atoms with Crippen LogP contribution in [0.2, 0.25) is 0 Å². The molecule has 1 aliphatic rings. The van der Waals surface area contributed by atoms with Gasteiger partial charge in [0.05, 0.1) is 13.2 Å². The monoisotopic (exact) mass is 385 g/mol. The highest BCUT2D eigenvalue weighted by atomic mass is 32.1. The number of carbonyl (C=O) groups excluding carboxylic acids is 1. The number of methoxy groups -OCH3 is 1. The maximum absolute atomic E-state index is 12.3. The fourth-order valence-electron chi connectivity index (χ4n) is 2.77. The Bertz CT molecular complexity index is 772. The van der Waals surface area contributed by atoms with Crippen LogP contribution in [0.4, 0.5) is 11.4 Å². The molecule has 0 spiro atoms. The molecule has 1 heterocycles. The maximum atomic E-state index is 12.3. The fourth-order valence-corrected chi connectivity index (χ4v) is 2.97. The Morgan fingerprint density at radius 1 is 1.11 bits per heavy atom. The SMILES string of the molecule is COc1ccc(NC(=O)c2ccc(NC(=S)NC[C@@H]3CCCO3)cc2)cc1. The molecule has 142 valence electrons. The molecule has 0 saturated carbocycles. The second kappa shape index (κ2) is 9.34. The van der Waals surface area contributed by atoms with Crippen molar-refractivity contribution in [3.63, 3.8) is 0 Å². The lowest BCUT2D eigenvalue weighted by Crippen LogP contribution is -2.34. The summed E-state index contributed by atoms with van der Waals surface area (Å²) in [6.07, 6.45) is 2.40. The van der Waals surface area contributed by atoms with Crippen LogP contribution in [0.25, 0.3) is 0 Å². The molecule has 1 amide bonds. The number of thiocarbonyl (C=S) groups is 1. The van der Waals surface area contributed by atoms with E-state index in [0.29, 0.717) is 22.9 Å². The summed E-state index contributed by atoms with van der Waals surface area (Å²) < 4.78 is 10.7. The molecule has 6 nitrogen and oxygen atoms in total. The zero-order chi connectivity index (χ0) is 19.1. The average Bonchev–Trinajstić information content (AvgIpc) is 3.21. The van der Waals surface area contributed by atoms with E-state index in [9.17, 15) is 4.79 Å². The Labute approximate surface area is 164 Å². The lowest BCUT2D eigenvalue weighted by atomic mass is 10.2. The van der Waals surface area contributed by atoms with E-state index in [1.807, 2.05) is 12.1 Å². The van der Waals surface area contributed by atoms with Gasteiger partial charge in [0.2, 0.25) is 0 Å². The Kier molecular flexibility index (Phi) is 6.62. The molecule has 27 heavy (non-hydrogen) atoms. The second-order valence-corrected chi connectivity index (χ2v) is 6.64. The molecule has 1 atom stereocenters. The van der Waals surface area contributed by atoms with Crippen molar-refractivity contribution in [2.75, 3.05) is 30.9 Å². The highest BCUT2D eigenvalue weighted by Crippen LogP contribution is 2.17. The van der Waals surface area contributed by atoms with Crippen molar-refractivity contribution in [3.05, 3.63) is 54.1 Å². The number of ether oxygens (including phenoxy) is 2. The van der Waals surface area contributed by atoms with Gasteiger partial charge in [-0.1, -0.05) is 0 Å². The summed E-state index contributed by atoms with van der Waals surface area (Å²) in [6.45, 7) is 1.53. The van der Waals surface area contributed by atoms with Crippen molar-refractivity contribution in [2.45, 2.75) is 18.9 Å². The summed E-state index contributed by atoms with van der Waals surface area (Å²) in [4.78, 5) is 12.3. The lowest BCUT2D eigenvalue weighted by molar-refractivity contribution is 0.102. The van der Waals surface area contributed by atoms with Gasteiger partial charge in [0.25, 0.3) is 5.91 Å². The van der Waals surface area contributed by atoms with Crippen LogP contribution in [0.3, 0.4) is 0 Å². The predicted molar refractivity (Wildman–Crippen MR) is 111 cm³/mol. The first-order valence-corrected chi connectivity index (χ1v) is 9.27. The summed E-state index contributed by atoms with van der Waals surface area (Å²) >= 11 is 5.29. The number of carbonyl (C=O) groups is 1. The van der Waals surface area contributed by atoms with Crippen LogP contribution in [-0.2, 0) is 4.74 Å². The minimum atomic E-state index is -0.175. The number of amides is 1. The Hall–Kier alpha value is -2.64. The van der Waals surface area contributed by atoms with Crippen LogP contribution < -0.4 is 20.7 Å². The summed E-state index contributed by atoms with van der Waals surface area (Å²) in [7, 11) is 1.60. The van der Waals surface area contributed by atoms with Gasteiger partial charge in [0, 0.05) is 30.1 Å². The Morgan fingerprint density at radius 3 is 2.41 bits per heavy atom. The molecule has 0 bridgehead atoms. The van der Waals surface area contributed by atoms with E-state index in [1.54, 1.807) is 43.5 Å². The van der Waals surface area contributed by atoms with Crippen molar-refractivity contribution >= 4 is 34.6 Å². The molecular formula is C20H23N3O3S. The van der Waals surface area contributed by atoms with E-state index in [1.165, 1.54) is 0 Å². The molecule has 1 fully saturated rings. The van der Waals surface area contributed by atoms with Gasteiger partial charge in [-0.25, -0.2) is 0 Å². The van der Waals surface area contributed by atoms with Gasteiger partial charge in [-0.3, -0.25) is 4.79 Å². The molecule has 2 aromatic rings. The van der Waals surface area contributed by atoms with E-state index in [4.69, 9.17) is 21.7 Å². The third-order valence-electron chi connectivity index (χ3n) is 4.27. The number of rotatable bonds is 6. The Balaban J connectivity index is 1.49. The summed E-state index contributed by atoms with van der Waals surface area (Å²) in [5.74, 6) is 0.568. The third kappa shape index (κ3) is 5.67. The average molecular weight is 385 g/mol. The van der Waals surface area contributed by atoms with Crippen molar-refractivity contribution in [1.29, 1.82) is 0 Å². The summed E-state index contributed by atoms with van der Waals surface area (Å²) in [5.41, 5.74) is 2.10. The van der Waals surface area contributed by atoms with Gasteiger partial charge in [0.15, 0.2) is 5.11 Å². The number of hydrogen-bond acceptors (Lipinski definition) is 4. The molecule has 3 N–H and O–H groups in total. The zero-order valence-corrected chi connectivity index (χ0v) is 16.0. The van der Waals surface area contributed by atoms with E-state index in [2.05, 4.69) is 16.0 Å². The van der Waals surface area contributed by atoms with Crippen LogP contribution in [0, 0.1) is 0 Å². The van der Waals surface area contributed by atoms with Crippen molar-refractivity contribution in [2.24, 2.45) is 0 Å². The quantitative estimate of drug-likeness (QED) is 0.662. The van der Waals surface area contributed by atoms with Crippen LogP contribution in [0.5, 0.6) is 5.75 Å². The molecule has 1 saturated heterocycles. The minimum Gasteiger partial charge on any atom is -0.497 e. The third-order valence-corrected chi connectivity index (χ3v) is 4.51. The highest BCUT2D eigenvalue weighted by Gasteiger charge is 2.15. The number of anilines is 2. The summed E-state index contributed by atoms with van der Waals surface area (Å²) in [5, 5.41) is 9.67. The molecule has 0 aliphatic carbocycles. The van der Waals surface area contributed by atoms with Crippen LogP contribution >= 0.6 is 12.2 Å². The number of nitrogens with one attached hydrogen (secondary N) is 3. The topological polar surface area (TPSA) is 71.6 Å². The largest absolute Gasteiger partial charge is 0.497 e. The van der Waals surface area contributed by atoms with E-state index in [0.717, 1.165) is 30.9 Å². The normalized spacial score (nSPS) is 15.8. The standard InChI is InChI=1S/C20H23N3O3S/c1-25-17-10-8-15(9-11-17)22-19(24)14-4-6-16(7-5-14)23-20(27)21-13-18-3-2-12-26-18/h4-11,18H,2-3,12-13H2,1H3,(H,22,24)(H2,21,23,27)/t18-/m0/s1. The minimum absolute atomic E-state index is 0.175. The van der Waals surface area contributed by atoms with E-state index in [-0.39, 0.29) is 12.0 Å². The maximum Gasteiger partial charge on any atom is 0.255 e. The molecule has 0 aromatic heterocycles. The zero-order valence-electron chi connectivity index (χ0n) is 15.2. The van der Waals surface area contributed by atoms with Gasteiger partial charge in [-0.05, 0) is 73.6 Å². The molecule has 0 unspecified atom stereocenters. The van der Waals surface area contributed by atoms with Gasteiger partial charge in [-0.15, -0.1) is 0 Å². The van der Waals surface area contributed by atoms with Crippen LogP contribution in [-0.4, -0.2) is 37.4 Å². The first kappa shape index (κ1) is 19.1. The molecule has 0 radical (unpaired) electrons. The lowest BCUT2D eigenvalue weighted by Gasteiger charge is -2.14. The molecular weight excluding hydrogens is 362 g/mol. The summed E-state index contributed by atoms with van der Waals surface area (Å²) in [6, 6.07) is 14.3. The first-order chi connectivity index (χ1) is 13.1. The molecule has 7 heteroatoms. The number of hydrogen-bond donors (Lipinski definition) is 3.